The number of alkyl halides is 3. The fourth-order valence-corrected chi connectivity index (χ4v) is 0.752. The summed E-state index contributed by atoms with van der Waals surface area (Å²) in [6.45, 7) is -1.13. The lowest BCUT2D eigenvalue weighted by Gasteiger charge is -2.02. The van der Waals surface area contributed by atoms with Crippen LogP contribution in [0.3, 0.4) is 0 Å². The molecule has 0 N–H and O–H groups in total. The average molecular weight is 179 g/mol. The number of hydrogen-bond donors (Lipinski definition) is 0. The lowest BCUT2D eigenvalue weighted by Crippen LogP contribution is -1.97. The van der Waals surface area contributed by atoms with Gasteiger partial charge in [0.15, 0.2) is 0 Å². The Labute approximate surface area is 66.0 Å². The molecule has 0 aromatic carbocycles. The summed E-state index contributed by atoms with van der Waals surface area (Å²) in [6, 6.07) is 0. The highest BCUT2D eigenvalue weighted by atomic mass is 19.3. The topological polar surface area (TPSA) is 12.9 Å². The predicted octanol–water partition coefficient (Wildman–Crippen LogP) is 2.63. The maximum Gasteiger partial charge on any atom is 0.268 e. The zero-order valence-electron chi connectivity index (χ0n) is 5.90. The Kier molecular flexibility index (Phi) is 2.62. The third-order valence-electron chi connectivity index (χ3n) is 1.36. The third-order valence-corrected chi connectivity index (χ3v) is 1.36. The first-order valence-electron chi connectivity index (χ1n) is 3.13. The second-order valence-electron chi connectivity index (χ2n) is 2.14. The minimum Gasteiger partial charge on any atom is -0.264 e. The van der Waals surface area contributed by atoms with E-state index < -0.39 is 30.0 Å². The minimum absolute atomic E-state index is 0.437. The van der Waals surface area contributed by atoms with Crippen molar-refractivity contribution < 1.29 is 17.6 Å². The molecule has 1 heterocycles. The number of pyridine rings is 1. The monoisotopic (exact) mass is 179 g/mol. The van der Waals surface area contributed by atoms with Crippen LogP contribution in [0.4, 0.5) is 17.6 Å². The van der Waals surface area contributed by atoms with Gasteiger partial charge in [-0.15, -0.1) is 0 Å². The van der Waals surface area contributed by atoms with Crippen molar-refractivity contribution in [3.05, 3.63) is 29.3 Å². The summed E-state index contributed by atoms with van der Waals surface area (Å²) in [5.41, 5.74) is -1.29. The zero-order valence-corrected chi connectivity index (χ0v) is 5.90. The summed E-state index contributed by atoms with van der Waals surface area (Å²) in [7, 11) is 0. The molecule has 0 spiro atoms. The summed E-state index contributed by atoms with van der Waals surface area (Å²) in [4.78, 5) is 3.28. The summed E-state index contributed by atoms with van der Waals surface area (Å²) in [5, 5.41) is 0. The molecule has 12 heavy (non-hydrogen) atoms. The van der Waals surface area contributed by atoms with Crippen LogP contribution in [0.15, 0.2) is 12.4 Å². The van der Waals surface area contributed by atoms with E-state index in [4.69, 9.17) is 0 Å². The molecule has 0 saturated carbocycles. The molecule has 0 amide bonds. The Morgan fingerprint density at radius 3 is 2.50 bits per heavy atom. The largest absolute Gasteiger partial charge is 0.268 e. The Hall–Kier alpha value is -1.13. The van der Waals surface area contributed by atoms with Crippen molar-refractivity contribution in [2.75, 3.05) is 0 Å². The van der Waals surface area contributed by atoms with Crippen LogP contribution in [0.5, 0.6) is 0 Å². The van der Waals surface area contributed by atoms with Crippen LogP contribution < -0.4 is 0 Å². The third kappa shape index (κ3) is 1.54. The predicted molar refractivity (Wildman–Crippen MR) is 34.0 cm³/mol. The van der Waals surface area contributed by atoms with Crippen LogP contribution in [0, 0.1) is 5.82 Å². The van der Waals surface area contributed by atoms with Crippen molar-refractivity contribution in [2.24, 2.45) is 0 Å². The Morgan fingerprint density at radius 2 is 2.00 bits per heavy atom. The molecule has 0 bridgehead atoms. The van der Waals surface area contributed by atoms with Gasteiger partial charge in [0.1, 0.15) is 12.5 Å². The minimum atomic E-state index is -2.95. The maximum absolute atomic E-state index is 12.8. The first-order valence-corrected chi connectivity index (χ1v) is 3.13. The van der Waals surface area contributed by atoms with Gasteiger partial charge in [0.2, 0.25) is 0 Å². The van der Waals surface area contributed by atoms with Crippen LogP contribution in [-0.2, 0) is 6.67 Å². The normalized spacial score (nSPS) is 10.8. The Morgan fingerprint density at radius 1 is 1.33 bits per heavy atom. The molecule has 0 atom stereocenters. The molecular formula is C7H5F4N. The summed E-state index contributed by atoms with van der Waals surface area (Å²) in [5.74, 6) is -1.21. The Balaban J connectivity index is 3.14. The van der Waals surface area contributed by atoms with Gasteiger partial charge in [-0.05, 0) is 0 Å². The van der Waals surface area contributed by atoms with Crippen molar-refractivity contribution in [3.63, 3.8) is 0 Å². The maximum atomic E-state index is 12.8. The van der Waals surface area contributed by atoms with Crippen LogP contribution in [0.2, 0.25) is 0 Å². The smallest absolute Gasteiger partial charge is 0.264 e. The fraction of sp³-hybridized carbons (Fsp3) is 0.286. The summed E-state index contributed by atoms with van der Waals surface area (Å²) >= 11 is 0. The molecule has 1 aromatic rings. The number of halogens is 4. The van der Waals surface area contributed by atoms with E-state index in [0.29, 0.717) is 6.20 Å². The SMILES string of the molecule is FCc1cncc(C(F)F)c1F. The molecule has 66 valence electrons. The molecule has 1 nitrogen and oxygen atoms in total. The number of hydrogen-bond acceptors (Lipinski definition) is 1. The molecule has 0 fully saturated rings. The van der Waals surface area contributed by atoms with E-state index in [0.717, 1.165) is 6.20 Å². The van der Waals surface area contributed by atoms with E-state index in [2.05, 4.69) is 4.98 Å². The quantitative estimate of drug-likeness (QED) is 0.636. The van der Waals surface area contributed by atoms with Crippen LogP contribution in [0.1, 0.15) is 17.6 Å². The van der Waals surface area contributed by atoms with Crippen molar-refractivity contribution in [1.29, 1.82) is 0 Å². The van der Waals surface area contributed by atoms with Gasteiger partial charge < -0.3 is 0 Å². The second kappa shape index (κ2) is 3.51. The number of rotatable bonds is 2. The second-order valence-corrected chi connectivity index (χ2v) is 2.14. The number of aromatic nitrogens is 1. The van der Waals surface area contributed by atoms with Gasteiger partial charge in [0, 0.05) is 18.0 Å². The standard InChI is InChI=1S/C7H5F4N/c8-1-4-2-12-3-5(6(4)9)7(10)11/h2-3,7H,1H2. The Bertz CT molecular complexity index is 274. The van der Waals surface area contributed by atoms with E-state index in [1.165, 1.54) is 0 Å². The first-order chi connectivity index (χ1) is 5.66. The molecule has 0 radical (unpaired) electrons. The zero-order chi connectivity index (χ0) is 9.14. The van der Waals surface area contributed by atoms with Gasteiger partial charge in [-0.3, -0.25) is 4.98 Å². The van der Waals surface area contributed by atoms with Gasteiger partial charge in [-0.2, -0.15) is 0 Å². The molecule has 1 aromatic heterocycles. The molecule has 1 rings (SSSR count). The highest BCUT2D eigenvalue weighted by molar-refractivity contribution is 5.21. The van der Waals surface area contributed by atoms with Crippen molar-refractivity contribution in [2.45, 2.75) is 13.1 Å². The molecule has 5 heteroatoms. The summed E-state index contributed by atoms with van der Waals surface area (Å²) < 4.78 is 48.6. The number of nitrogens with zero attached hydrogens (tertiary/aromatic N) is 1. The van der Waals surface area contributed by atoms with Crippen molar-refractivity contribution in [3.8, 4) is 0 Å². The average Bonchev–Trinajstić information content (AvgIpc) is 2.04. The highest BCUT2D eigenvalue weighted by Crippen LogP contribution is 2.23. The molecule has 0 saturated heterocycles. The van der Waals surface area contributed by atoms with E-state index in [9.17, 15) is 17.6 Å². The van der Waals surface area contributed by atoms with Gasteiger partial charge in [0.05, 0.1) is 5.56 Å². The van der Waals surface area contributed by atoms with E-state index in [-0.39, 0.29) is 0 Å². The van der Waals surface area contributed by atoms with E-state index >= 15 is 0 Å². The first kappa shape index (κ1) is 8.96. The lowest BCUT2D eigenvalue weighted by atomic mass is 10.2. The fourth-order valence-electron chi connectivity index (χ4n) is 0.752. The van der Waals surface area contributed by atoms with Gasteiger partial charge in [0.25, 0.3) is 6.43 Å². The van der Waals surface area contributed by atoms with Crippen molar-refractivity contribution in [1.82, 2.24) is 4.98 Å². The molecule has 0 aliphatic carbocycles. The van der Waals surface area contributed by atoms with Crippen molar-refractivity contribution >= 4 is 0 Å². The molecule has 0 aliphatic rings. The molecule has 0 aliphatic heterocycles. The summed E-state index contributed by atoms with van der Waals surface area (Å²) in [6.07, 6.45) is -1.37. The van der Waals surface area contributed by atoms with Crippen LogP contribution >= 0.6 is 0 Å². The van der Waals surface area contributed by atoms with E-state index in [1.54, 1.807) is 0 Å². The van der Waals surface area contributed by atoms with E-state index in [1.807, 2.05) is 0 Å². The lowest BCUT2D eigenvalue weighted by molar-refractivity contribution is 0.145. The van der Waals surface area contributed by atoms with Crippen LogP contribution in [-0.4, -0.2) is 4.98 Å². The molecule has 0 unspecified atom stereocenters. The molecular weight excluding hydrogens is 174 g/mol. The van der Waals surface area contributed by atoms with Gasteiger partial charge in [-0.1, -0.05) is 0 Å². The highest BCUT2D eigenvalue weighted by Gasteiger charge is 2.16. The van der Waals surface area contributed by atoms with Gasteiger partial charge in [-0.25, -0.2) is 17.6 Å². The van der Waals surface area contributed by atoms with Crippen LogP contribution in [0.25, 0.3) is 0 Å². The van der Waals surface area contributed by atoms with Gasteiger partial charge >= 0.3 is 0 Å².